The predicted molar refractivity (Wildman–Crippen MR) is 118 cm³/mol. The van der Waals surface area contributed by atoms with Crippen LogP contribution in [0.4, 0.5) is 4.79 Å². The molecule has 1 atom stereocenters. The Bertz CT molecular complexity index is 1090. The molecule has 0 radical (unpaired) electrons. The molecule has 9 nitrogen and oxygen atoms in total. The number of amides is 3. The minimum Gasteiger partial charge on any atom is -0.449 e. The van der Waals surface area contributed by atoms with Crippen molar-refractivity contribution in [2.45, 2.75) is 57.4 Å². The van der Waals surface area contributed by atoms with Crippen molar-refractivity contribution in [3.8, 4) is 0 Å². The lowest BCUT2D eigenvalue weighted by atomic mass is 9.88. The minimum absolute atomic E-state index is 0.196. The zero-order valence-corrected chi connectivity index (χ0v) is 18.6. The summed E-state index contributed by atoms with van der Waals surface area (Å²) in [6.07, 6.45) is 3.67. The molecule has 0 saturated carbocycles. The van der Waals surface area contributed by atoms with Crippen LogP contribution in [0.15, 0.2) is 23.0 Å². The molecule has 0 bridgehead atoms. The molecule has 1 N–H and O–H groups in total. The molecule has 0 aliphatic carbocycles. The van der Waals surface area contributed by atoms with Crippen molar-refractivity contribution < 1.29 is 19.1 Å². The van der Waals surface area contributed by atoms with Crippen molar-refractivity contribution >= 4 is 28.9 Å². The molecule has 9 heteroatoms. The van der Waals surface area contributed by atoms with E-state index >= 15 is 0 Å². The lowest BCUT2D eigenvalue weighted by Crippen LogP contribution is -2.44. The number of carbonyl (C=O) groups excluding carboxylic acids is 3. The van der Waals surface area contributed by atoms with Crippen LogP contribution in [0, 0.1) is 0 Å². The van der Waals surface area contributed by atoms with Crippen LogP contribution in [0.2, 0.25) is 0 Å². The number of para-hydroxylation sites is 1. The SMILES string of the molecule is CCCCOC(=O)N1CCC(c2cccc3c2n(C)c(=O)n3C2CCC(=O)NC2=O)CC1. The molecule has 2 aromatic rings. The summed E-state index contributed by atoms with van der Waals surface area (Å²) < 4.78 is 8.44. The molecule has 1 aromatic heterocycles. The summed E-state index contributed by atoms with van der Waals surface area (Å²) in [6.45, 7) is 3.72. The van der Waals surface area contributed by atoms with Crippen molar-refractivity contribution in [2.75, 3.05) is 19.7 Å². The normalized spacial score (nSPS) is 19.9. The van der Waals surface area contributed by atoms with E-state index in [1.165, 1.54) is 4.57 Å². The van der Waals surface area contributed by atoms with E-state index in [0.29, 0.717) is 31.6 Å². The van der Waals surface area contributed by atoms with E-state index in [-0.39, 0.29) is 30.0 Å². The van der Waals surface area contributed by atoms with Crippen LogP contribution in [0.3, 0.4) is 0 Å². The quantitative estimate of drug-likeness (QED) is 0.566. The van der Waals surface area contributed by atoms with Gasteiger partial charge in [-0.25, -0.2) is 9.59 Å². The Morgan fingerprint density at radius 2 is 1.91 bits per heavy atom. The first-order valence-corrected chi connectivity index (χ1v) is 11.4. The molecule has 172 valence electrons. The molecule has 2 aliphatic heterocycles. The number of fused-ring (bicyclic) bond motifs is 1. The number of unbranched alkanes of at least 4 members (excludes halogenated alkanes) is 1. The first-order chi connectivity index (χ1) is 15.4. The van der Waals surface area contributed by atoms with E-state index in [1.54, 1.807) is 16.5 Å². The van der Waals surface area contributed by atoms with E-state index in [2.05, 4.69) is 12.2 Å². The van der Waals surface area contributed by atoms with Crippen LogP contribution in [-0.2, 0) is 21.4 Å². The number of likely N-dealkylation sites (tertiary alicyclic amines) is 1. The van der Waals surface area contributed by atoms with Gasteiger partial charge in [-0.2, -0.15) is 0 Å². The van der Waals surface area contributed by atoms with Gasteiger partial charge in [0.15, 0.2) is 0 Å². The Morgan fingerprint density at radius 3 is 2.59 bits per heavy atom. The molecule has 2 saturated heterocycles. The lowest BCUT2D eigenvalue weighted by molar-refractivity contribution is -0.135. The summed E-state index contributed by atoms with van der Waals surface area (Å²) in [4.78, 5) is 51.1. The maximum Gasteiger partial charge on any atom is 0.409 e. The van der Waals surface area contributed by atoms with Gasteiger partial charge in [-0.3, -0.25) is 24.0 Å². The van der Waals surface area contributed by atoms with Crippen molar-refractivity contribution in [1.29, 1.82) is 0 Å². The molecule has 1 unspecified atom stereocenters. The first kappa shape index (κ1) is 22.1. The maximum absolute atomic E-state index is 13.1. The Labute approximate surface area is 186 Å². The molecular weight excluding hydrogens is 412 g/mol. The third kappa shape index (κ3) is 4.03. The summed E-state index contributed by atoms with van der Waals surface area (Å²) in [5.41, 5.74) is 2.29. The highest BCUT2D eigenvalue weighted by Crippen LogP contribution is 2.34. The Kier molecular flexibility index (Phi) is 6.34. The summed E-state index contributed by atoms with van der Waals surface area (Å²) >= 11 is 0. The van der Waals surface area contributed by atoms with Gasteiger partial charge in [0.05, 0.1) is 17.6 Å². The van der Waals surface area contributed by atoms with E-state index in [1.807, 2.05) is 18.2 Å². The largest absolute Gasteiger partial charge is 0.449 e. The van der Waals surface area contributed by atoms with Gasteiger partial charge in [0.1, 0.15) is 6.04 Å². The first-order valence-electron chi connectivity index (χ1n) is 11.4. The Morgan fingerprint density at radius 1 is 1.16 bits per heavy atom. The fourth-order valence-corrected chi connectivity index (χ4v) is 4.80. The van der Waals surface area contributed by atoms with Gasteiger partial charge in [-0.05, 0) is 43.2 Å². The van der Waals surface area contributed by atoms with Crippen LogP contribution in [-0.4, -0.2) is 51.6 Å². The summed E-state index contributed by atoms with van der Waals surface area (Å²) in [6, 6.07) is 5.09. The van der Waals surface area contributed by atoms with Gasteiger partial charge in [-0.15, -0.1) is 0 Å². The third-order valence-electron chi connectivity index (χ3n) is 6.57. The fraction of sp³-hybridized carbons (Fsp3) is 0.565. The van der Waals surface area contributed by atoms with Crippen LogP contribution >= 0.6 is 0 Å². The Balaban J connectivity index is 1.58. The van der Waals surface area contributed by atoms with E-state index < -0.39 is 11.9 Å². The molecule has 0 spiro atoms. The average Bonchev–Trinajstić information content (AvgIpc) is 3.04. The Hall–Kier alpha value is -3.10. The molecule has 4 rings (SSSR count). The summed E-state index contributed by atoms with van der Waals surface area (Å²) in [7, 11) is 1.72. The van der Waals surface area contributed by atoms with Crippen LogP contribution < -0.4 is 11.0 Å². The zero-order chi connectivity index (χ0) is 22.8. The molecule has 2 fully saturated rings. The van der Waals surface area contributed by atoms with E-state index in [4.69, 9.17) is 4.74 Å². The van der Waals surface area contributed by atoms with Crippen molar-refractivity contribution in [3.05, 3.63) is 34.2 Å². The number of hydrogen-bond acceptors (Lipinski definition) is 5. The highest BCUT2D eigenvalue weighted by atomic mass is 16.6. The van der Waals surface area contributed by atoms with Crippen LogP contribution in [0.5, 0.6) is 0 Å². The van der Waals surface area contributed by atoms with Gasteiger partial charge in [0.2, 0.25) is 11.8 Å². The number of aromatic nitrogens is 2. The van der Waals surface area contributed by atoms with Gasteiger partial charge < -0.3 is 9.64 Å². The van der Waals surface area contributed by atoms with Gasteiger partial charge >= 0.3 is 11.8 Å². The molecular formula is C23H30N4O5. The van der Waals surface area contributed by atoms with E-state index in [9.17, 15) is 19.2 Å². The molecule has 3 heterocycles. The van der Waals surface area contributed by atoms with Crippen molar-refractivity contribution in [2.24, 2.45) is 7.05 Å². The number of hydrogen-bond donors (Lipinski definition) is 1. The molecule has 2 aliphatic rings. The number of ether oxygens (including phenoxy) is 1. The summed E-state index contributed by atoms with van der Waals surface area (Å²) in [5.74, 6) is -0.544. The van der Waals surface area contributed by atoms with Gasteiger partial charge in [-0.1, -0.05) is 25.5 Å². The average molecular weight is 443 g/mol. The zero-order valence-electron chi connectivity index (χ0n) is 18.6. The molecule has 3 amide bonds. The number of aryl methyl sites for hydroxylation is 1. The second-order valence-electron chi connectivity index (χ2n) is 8.62. The van der Waals surface area contributed by atoms with E-state index in [0.717, 1.165) is 36.8 Å². The van der Waals surface area contributed by atoms with Crippen LogP contribution in [0.1, 0.15) is 63.0 Å². The summed E-state index contributed by atoms with van der Waals surface area (Å²) in [5, 5.41) is 2.34. The second kappa shape index (κ2) is 9.18. The smallest absolute Gasteiger partial charge is 0.409 e. The number of piperidine rings is 2. The van der Waals surface area contributed by atoms with Gasteiger partial charge in [0, 0.05) is 26.6 Å². The number of imide groups is 1. The molecule has 1 aromatic carbocycles. The maximum atomic E-state index is 13.1. The highest BCUT2D eigenvalue weighted by molar-refractivity contribution is 6.00. The number of nitrogens with one attached hydrogen (secondary N) is 1. The fourth-order valence-electron chi connectivity index (χ4n) is 4.80. The highest BCUT2D eigenvalue weighted by Gasteiger charge is 2.33. The third-order valence-corrected chi connectivity index (χ3v) is 6.57. The predicted octanol–water partition coefficient (Wildman–Crippen LogP) is 2.43. The number of imidazole rings is 1. The number of carbonyl (C=O) groups is 3. The van der Waals surface area contributed by atoms with Crippen LogP contribution in [0.25, 0.3) is 11.0 Å². The standard InChI is InChI=1S/C23H30N4O5/c1-3-4-14-32-23(31)26-12-10-15(11-13-26)16-6-5-7-17-20(16)25(2)22(30)27(17)18-8-9-19(28)24-21(18)29/h5-7,15,18H,3-4,8-14H2,1-2H3,(H,24,28,29). The number of benzene rings is 1. The topological polar surface area (TPSA) is 103 Å². The second-order valence-corrected chi connectivity index (χ2v) is 8.62. The number of nitrogens with zero attached hydrogens (tertiary/aromatic N) is 3. The molecule has 32 heavy (non-hydrogen) atoms. The minimum atomic E-state index is -0.695. The monoisotopic (exact) mass is 442 g/mol. The van der Waals surface area contributed by atoms with Crippen molar-refractivity contribution in [3.63, 3.8) is 0 Å². The van der Waals surface area contributed by atoms with Crippen molar-refractivity contribution in [1.82, 2.24) is 19.4 Å². The number of rotatable bonds is 5. The lowest BCUT2D eigenvalue weighted by Gasteiger charge is -2.32. The van der Waals surface area contributed by atoms with Gasteiger partial charge in [0.25, 0.3) is 0 Å².